The first-order valence-corrected chi connectivity index (χ1v) is 12.7. The Kier molecular flexibility index (Phi) is 8.86. The molecule has 0 aromatic heterocycles. The third-order valence-corrected chi connectivity index (χ3v) is 7.17. The average molecular weight is 495 g/mol. The van der Waals surface area contributed by atoms with Crippen LogP contribution in [0.15, 0.2) is 88.9 Å². The highest BCUT2D eigenvalue weighted by Crippen LogP contribution is 2.32. The van der Waals surface area contributed by atoms with Crippen LogP contribution < -0.4 is 19.4 Å². The van der Waals surface area contributed by atoms with Gasteiger partial charge in [-0.2, -0.15) is 5.10 Å². The molecule has 0 atom stereocenters. The molecule has 8 nitrogen and oxygen atoms in total. The van der Waals surface area contributed by atoms with E-state index in [0.29, 0.717) is 5.75 Å². The number of hydrogen-bond donors (Lipinski definition) is 1. The van der Waals surface area contributed by atoms with Gasteiger partial charge >= 0.3 is 0 Å². The van der Waals surface area contributed by atoms with E-state index in [1.165, 1.54) is 25.5 Å². The quantitative estimate of drug-likeness (QED) is 0.323. The van der Waals surface area contributed by atoms with Crippen molar-refractivity contribution in [2.75, 3.05) is 35.9 Å². The van der Waals surface area contributed by atoms with Crippen LogP contribution in [0, 0.1) is 0 Å². The fraction of sp³-hybridized carbons (Fsp3) is 0.231. The summed E-state index contributed by atoms with van der Waals surface area (Å²) in [4.78, 5) is 15.0. The summed E-state index contributed by atoms with van der Waals surface area (Å²) in [6.07, 6.45) is 1.52. The fourth-order valence-electron chi connectivity index (χ4n) is 3.56. The highest BCUT2D eigenvalue weighted by atomic mass is 32.2. The molecule has 1 amide bonds. The summed E-state index contributed by atoms with van der Waals surface area (Å²) in [5.74, 6) is -0.261. The summed E-state index contributed by atoms with van der Waals surface area (Å²) >= 11 is 0. The standard InChI is InChI=1S/C26H30N4O4S/c1-4-29(5-2)22-17-15-21(16-18-22)19-27-28-26(31)20-30(24-13-9-10-14-25(24)34-3)35(32,33)23-11-7-6-8-12-23/h6-19H,4-5,20H2,1-3H3,(H,28,31)/b27-19-. The number of benzene rings is 3. The van der Waals surface area contributed by atoms with E-state index in [1.807, 2.05) is 24.3 Å². The molecule has 35 heavy (non-hydrogen) atoms. The molecule has 0 saturated carbocycles. The molecule has 0 bridgehead atoms. The predicted octanol–water partition coefficient (Wildman–Crippen LogP) is 3.89. The van der Waals surface area contributed by atoms with Gasteiger partial charge in [-0.25, -0.2) is 13.8 Å². The first-order chi connectivity index (χ1) is 16.9. The van der Waals surface area contributed by atoms with Gasteiger partial charge in [-0.05, 0) is 55.8 Å². The summed E-state index contributed by atoms with van der Waals surface area (Å²) in [7, 11) is -2.59. The van der Waals surface area contributed by atoms with Crippen LogP contribution in [0.4, 0.5) is 11.4 Å². The van der Waals surface area contributed by atoms with E-state index in [1.54, 1.807) is 42.5 Å². The van der Waals surface area contributed by atoms with Crippen molar-refractivity contribution < 1.29 is 17.9 Å². The molecule has 1 N–H and O–H groups in total. The van der Waals surface area contributed by atoms with E-state index in [0.717, 1.165) is 28.6 Å². The Hall–Kier alpha value is -3.85. The maximum atomic E-state index is 13.4. The number of hydrogen-bond acceptors (Lipinski definition) is 6. The van der Waals surface area contributed by atoms with Crippen molar-refractivity contribution in [3.05, 3.63) is 84.4 Å². The van der Waals surface area contributed by atoms with Gasteiger partial charge < -0.3 is 9.64 Å². The minimum Gasteiger partial charge on any atom is -0.495 e. The number of anilines is 2. The lowest BCUT2D eigenvalue weighted by molar-refractivity contribution is -0.119. The number of rotatable bonds is 11. The molecule has 184 valence electrons. The van der Waals surface area contributed by atoms with Crippen molar-refractivity contribution in [2.24, 2.45) is 5.10 Å². The zero-order valence-electron chi connectivity index (χ0n) is 20.1. The van der Waals surface area contributed by atoms with Crippen LogP contribution in [0.5, 0.6) is 5.75 Å². The zero-order chi connectivity index (χ0) is 25.3. The lowest BCUT2D eigenvalue weighted by atomic mass is 10.2. The van der Waals surface area contributed by atoms with Crippen LogP contribution >= 0.6 is 0 Å². The van der Waals surface area contributed by atoms with Gasteiger partial charge in [0.2, 0.25) is 0 Å². The van der Waals surface area contributed by atoms with E-state index < -0.39 is 22.5 Å². The van der Waals surface area contributed by atoms with Gasteiger partial charge in [-0.3, -0.25) is 9.10 Å². The zero-order valence-corrected chi connectivity index (χ0v) is 20.9. The number of methoxy groups -OCH3 is 1. The van der Waals surface area contributed by atoms with Crippen LogP contribution in [-0.4, -0.2) is 47.3 Å². The molecular weight excluding hydrogens is 464 g/mol. The molecule has 0 heterocycles. The Morgan fingerprint density at radius 2 is 1.57 bits per heavy atom. The van der Waals surface area contributed by atoms with Crippen molar-refractivity contribution >= 4 is 33.5 Å². The van der Waals surface area contributed by atoms with Crippen molar-refractivity contribution in [3.63, 3.8) is 0 Å². The maximum absolute atomic E-state index is 13.4. The van der Waals surface area contributed by atoms with Gasteiger partial charge in [-0.1, -0.05) is 42.5 Å². The number of carbonyl (C=O) groups is 1. The van der Waals surface area contributed by atoms with Gasteiger partial charge in [0, 0.05) is 18.8 Å². The van der Waals surface area contributed by atoms with E-state index in [2.05, 4.69) is 29.3 Å². The fourth-order valence-corrected chi connectivity index (χ4v) is 5.01. The molecule has 0 unspecified atom stereocenters. The van der Waals surface area contributed by atoms with E-state index in [4.69, 9.17) is 4.74 Å². The van der Waals surface area contributed by atoms with Crippen molar-refractivity contribution in [1.82, 2.24) is 5.43 Å². The average Bonchev–Trinajstić information content (AvgIpc) is 2.89. The number of ether oxygens (including phenoxy) is 1. The molecule has 0 fully saturated rings. The lowest BCUT2D eigenvalue weighted by Gasteiger charge is -2.25. The number of sulfonamides is 1. The lowest BCUT2D eigenvalue weighted by Crippen LogP contribution is -2.39. The largest absolute Gasteiger partial charge is 0.495 e. The molecule has 0 aliphatic carbocycles. The molecule has 9 heteroatoms. The highest BCUT2D eigenvalue weighted by Gasteiger charge is 2.29. The molecule has 0 saturated heterocycles. The van der Waals surface area contributed by atoms with Gasteiger partial charge in [-0.15, -0.1) is 0 Å². The van der Waals surface area contributed by atoms with Gasteiger partial charge in [0.15, 0.2) is 0 Å². The normalized spacial score (nSPS) is 11.3. The van der Waals surface area contributed by atoms with Crippen molar-refractivity contribution in [3.8, 4) is 5.75 Å². The number of amides is 1. The van der Waals surface area contributed by atoms with Crippen molar-refractivity contribution in [2.45, 2.75) is 18.7 Å². The van der Waals surface area contributed by atoms with Gasteiger partial charge in [0.25, 0.3) is 15.9 Å². The maximum Gasteiger partial charge on any atom is 0.264 e. The molecule has 3 aromatic carbocycles. The third-order valence-electron chi connectivity index (χ3n) is 5.40. The molecule has 3 aromatic rings. The van der Waals surface area contributed by atoms with Crippen LogP contribution in [0.1, 0.15) is 19.4 Å². The topological polar surface area (TPSA) is 91.3 Å². The van der Waals surface area contributed by atoms with E-state index in [-0.39, 0.29) is 10.6 Å². The van der Waals surface area contributed by atoms with E-state index in [9.17, 15) is 13.2 Å². The van der Waals surface area contributed by atoms with E-state index >= 15 is 0 Å². The summed E-state index contributed by atoms with van der Waals surface area (Å²) < 4.78 is 33.2. The number of para-hydroxylation sites is 2. The minimum absolute atomic E-state index is 0.0653. The monoisotopic (exact) mass is 494 g/mol. The predicted molar refractivity (Wildman–Crippen MR) is 140 cm³/mol. The van der Waals surface area contributed by atoms with Crippen LogP contribution in [0.25, 0.3) is 0 Å². The third kappa shape index (κ3) is 6.39. The Labute approximate surface area is 206 Å². The number of nitrogens with one attached hydrogen (secondary N) is 1. The Balaban J connectivity index is 1.78. The number of nitrogens with zero attached hydrogens (tertiary/aromatic N) is 3. The Morgan fingerprint density at radius 1 is 0.943 bits per heavy atom. The smallest absolute Gasteiger partial charge is 0.264 e. The Bertz CT molecular complexity index is 1240. The Morgan fingerprint density at radius 3 is 2.20 bits per heavy atom. The second-order valence-electron chi connectivity index (χ2n) is 7.55. The number of carbonyl (C=O) groups excluding carboxylic acids is 1. The number of hydrazone groups is 1. The molecule has 0 spiro atoms. The van der Waals surface area contributed by atoms with Gasteiger partial charge in [0.05, 0.1) is 23.9 Å². The molecule has 3 rings (SSSR count). The SMILES string of the molecule is CCN(CC)c1ccc(/C=N\NC(=O)CN(c2ccccc2OC)S(=O)(=O)c2ccccc2)cc1. The molecular formula is C26H30N4O4S. The van der Waals surface area contributed by atoms with Crippen LogP contribution in [0.2, 0.25) is 0 Å². The van der Waals surface area contributed by atoms with Crippen molar-refractivity contribution in [1.29, 1.82) is 0 Å². The first kappa shape index (κ1) is 25.8. The first-order valence-electron chi connectivity index (χ1n) is 11.3. The molecule has 0 aliphatic rings. The highest BCUT2D eigenvalue weighted by molar-refractivity contribution is 7.92. The summed E-state index contributed by atoms with van der Waals surface area (Å²) in [5.41, 5.74) is 4.59. The second-order valence-corrected chi connectivity index (χ2v) is 9.42. The molecule has 0 aliphatic heterocycles. The summed E-state index contributed by atoms with van der Waals surface area (Å²) in [6, 6.07) is 22.4. The van der Waals surface area contributed by atoms with Gasteiger partial charge in [0.1, 0.15) is 12.3 Å². The van der Waals surface area contributed by atoms with Crippen LogP contribution in [0.3, 0.4) is 0 Å². The second kappa shape index (κ2) is 12.0. The summed E-state index contributed by atoms with van der Waals surface area (Å²) in [6.45, 7) is 5.54. The van der Waals surface area contributed by atoms with Crippen LogP contribution in [-0.2, 0) is 14.8 Å². The summed E-state index contributed by atoms with van der Waals surface area (Å²) in [5, 5.41) is 4.01. The molecule has 0 radical (unpaired) electrons. The minimum atomic E-state index is -4.04.